The molecule has 2 saturated heterocycles. The van der Waals surface area contributed by atoms with Crippen LogP contribution in [0.25, 0.3) is 0 Å². The summed E-state index contributed by atoms with van der Waals surface area (Å²) in [6.45, 7) is 6.01. The van der Waals surface area contributed by atoms with E-state index in [1.165, 1.54) is 36.0 Å². The highest BCUT2D eigenvalue weighted by atomic mass is 16.2. The van der Waals surface area contributed by atoms with Crippen LogP contribution in [0, 0.1) is 12.8 Å². The van der Waals surface area contributed by atoms with E-state index in [1.807, 2.05) is 11.0 Å². The van der Waals surface area contributed by atoms with E-state index in [4.69, 9.17) is 0 Å². The lowest BCUT2D eigenvalue weighted by Crippen LogP contribution is -2.42. The van der Waals surface area contributed by atoms with Gasteiger partial charge in [-0.2, -0.15) is 0 Å². The Morgan fingerprint density at radius 2 is 1.75 bits per heavy atom. The molecule has 0 saturated carbocycles. The van der Waals surface area contributed by atoms with Crippen LogP contribution in [0.5, 0.6) is 0 Å². The number of hydrogen-bond acceptors (Lipinski definition) is 3. The van der Waals surface area contributed by atoms with E-state index < -0.39 is 0 Å². The number of nitrogens with zero attached hydrogens (tertiary/aromatic N) is 2. The Hall–Kier alpha value is -2.66. The Morgan fingerprint density at radius 3 is 2.47 bits per heavy atom. The minimum absolute atomic E-state index is 0.00845. The zero-order valence-electron chi connectivity index (χ0n) is 19.1. The third-order valence-electron chi connectivity index (χ3n) is 6.86. The zero-order valence-corrected chi connectivity index (χ0v) is 19.1. The molecule has 2 aromatic carbocycles. The third kappa shape index (κ3) is 5.77. The molecule has 0 spiro atoms. The number of aryl methyl sites for hydroxylation is 1. The van der Waals surface area contributed by atoms with Gasteiger partial charge in [-0.1, -0.05) is 66.6 Å². The van der Waals surface area contributed by atoms with E-state index in [0.29, 0.717) is 26.1 Å². The van der Waals surface area contributed by atoms with Gasteiger partial charge in [0.1, 0.15) is 0 Å². The summed E-state index contributed by atoms with van der Waals surface area (Å²) in [6, 6.07) is 19.1. The fourth-order valence-electron chi connectivity index (χ4n) is 4.89. The summed E-state index contributed by atoms with van der Waals surface area (Å²) in [6.07, 6.45) is 4.85. The van der Waals surface area contributed by atoms with Gasteiger partial charge in [-0.15, -0.1) is 0 Å². The number of rotatable bonds is 8. The van der Waals surface area contributed by atoms with Crippen LogP contribution < -0.4 is 5.32 Å². The number of hydrogen-bond donors (Lipinski definition) is 1. The molecule has 2 unspecified atom stereocenters. The second-order valence-corrected chi connectivity index (χ2v) is 9.24. The molecule has 2 aliphatic heterocycles. The molecule has 2 fully saturated rings. The first-order valence-electron chi connectivity index (χ1n) is 12.0. The quantitative estimate of drug-likeness (QED) is 0.690. The van der Waals surface area contributed by atoms with Crippen molar-refractivity contribution in [2.24, 2.45) is 5.92 Å². The number of nitrogens with one attached hydrogen (secondary N) is 1. The van der Waals surface area contributed by atoms with Crippen molar-refractivity contribution in [2.45, 2.75) is 45.1 Å². The molecule has 0 bridgehead atoms. The van der Waals surface area contributed by atoms with Crippen LogP contribution in [0.2, 0.25) is 0 Å². The molecule has 2 amide bonds. The average Bonchev–Trinajstić information content (AvgIpc) is 3.21. The van der Waals surface area contributed by atoms with Gasteiger partial charge in [-0.25, -0.2) is 0 Å². The number of piperidine rings is 1. The van der Waals surface area contributed by atoms with Gasteiger partial charge >= 0.3 is 0 Å². The van der Waals surface area contributed by atoms with E-state index in [-0.39, 0.29) is 23.8 Å². The van der Waals surface area contributed by atoms with Crippen molar-refractivity contribution in [2.75, 3.05) is 32.7 Å². The highest BCUT2D eigenvalue weighted by Gasteiger charge is 2.34. The number of amides is 2. The van der Waals surface area contributed by atoms with Gasteiger partial charge in [0.25, 0.3) is 0 Å². The van der Waals surface area contributed by atoms with Gasteiger partial charge in [0.05, 0.1) is 12.0 Å². The molecule has 0 aromatic heterocycles. The Morgan fingerprint density at radius 1 is 1.03 bits per heavy atom. The molecule has 5 nitrogen and oxygen atoms in total. The summed E-state index contributed by atoms with van der Waals surface area (Å²) in [5.74, 6) is -0.152. The molecule has 170 valence electrons. The summed E-state index contributed by atoms with van der Waals surface area (Å²) in [4.78, 5) is 29.8. The van der Waals surface area contributed by atoms with Gasteiger partial charge < -0.3 is 10.2 Å². The lowest BCUT2D eigenvalue weighted by molar-refractivity contribution is -0.129. The van der Waals surface area contributed by atoms with Crippen LogP contribution in [0.3, 0.4) is 0 Å². The van der Waals surface area contributed by atoms with Crippen LogP contribution in [-0.4, -0.2) is 54.3 Å². The summed E-state index contributed by atoms with van der Waals surface area (Å²) >= 11 is 0. The number of carbonyl (C=O) groups is 2. The second kappa shape index (κ2) is 10.8. The predicted octanol–water partition coefficient (Wildman–Crippen LogP) is 3.73. The molecular weight excluding hydrogens is 398 g/mol. The Kier molecular flexibility index (Phi) is 7.59. The molecule has 2 aromatic rings. The summed E-state index contributed by atoms with van der Waals surface area (Å²) in [5.41, 5.74) is 3.71. The van der Waals surface area contributed by atoms with Crippen LogP contribution in [0.4, 0.5) is 0 Å². The first-order valence-corrected chi connectivity index (χ1v) is 12.0. The van der Waals surface area contributed by atoms with E-state index >= 15 is 0 Å². The molecule has 0 aliphatic carbocycles. The highest BCUT2D eigenvalue weighted by molar-refractivity contribution is 5.89. The van der Waals surface area contributed by atoms with Crippen molar-refractivity contribution in [1.82, 2.24) is 15.1 Å². The van der Waals surface area contributed by atoms with Crippen molar-refractivity contribution in [3.63, 3.8) is 0 Å². The van der Waals surface area contributed by atoms with Crippen molar-refractivity contribution in [3.8, 4) is 0 Å². The molecule has 1 N–H and O–H groups in total. The van der Waals surface area contributed by atoms with Crippen LogP contribution >= 0.6 is 0 Å². The van der Waals surface area contributed by atoms with Gasteiger partial charge in [0.2, 0.25) is 11.8 Å². The van der Waals surface area contributed by atoms with Gasteiger partial charge in [-0.05, 0) is 50.4 Å². The highest BCUT2D eigenvalue weighted by Crippen LogP contribution is 2.25. The molecule has 2 atom stereocenters. The molecule has 32 heavy (non-hydrogen) atoms. The van der Waals surface area contributed by atoms with Gasteiger partial charge in [0.15, 0.2) is 0 Å². The molecule has 0 radical (unpaired) electrons. The lowest BCUT2D eigenvalue weighted by Gasteiger charge is -2.35. The van der Waals surface area contributed by atoms with Gasteiger partial charge in [-0.3, -0.25) is 14.5 Å². The van der Waals surface area contributed by atoms with E-state index in [9.17, 15) is 9.59 Å². The standard InChI is InChI=1S/C27H35N3O2/c1-21-10-12-22(13-11-21)14-17-30-20-24(18-26(30)31)27(32)28-19-25(23-8-4-2-5-9-23)29-15-6-3-7-16-29/h2,4-5,8-13,24-25H,3,6-7,14-20H2,1H3,(H,28,32). The molecule has 5 heteroatoms. The molecule has 4 rings (SSSR count). The van der Waals surface area contributed by atoms with E-state index in [1.54, 1.807) is 0 Å². The van der Waals surface area contributed by atoms with Crippen molar-refractivity contribution in [3.05, 3.63) is 71.3 Å². The summed E-state index contributed by atoms with van der Waals surface area (Å²) < 4.78 is 0. The number of likely N-dealkylation sites (tertiary alicyclic amines) is 2. The monoisotopic (exact) mass is 433 g/mol. The van der Waals surface area contributed by atoms with Crippen molar-refractivity contribution in [1.29, 1.82) is 0 Å². The maximum Gasteiger partial charge on any atom is 0.225 e. The lowest BCUT2D eigenvalue weighted by atomic mass is 10.0. The fourth-order valence-corrected chi connectivity index (χ4v) is 4.89. The minimum atomic E-state index is -0.252. The smallest absolute Gasteiger partial charge is 0.225 e. The van der Waals surface area contributed by atoms with Crippen LogP contribution in [-0.2, 0) is 16.0 Å². The molecule has 2 aliphatic rings. The Labute approximate surface area is 191 Å². The Balaban J connectivity index is 1.31. The maximum atomic E-state index is 13.0. The summed E-state index contributed by atoms with van der Waals surface area (Å²) in [5, 5.41) is 3.18. The maximum absolute atomic E-state index is 13.0. The zero-order chi connectivity index (χ0) is 22.3. The Bertz CT molecular complexity index is 891. The second-order valence-electron chi connectivity index (χ2n) is 9.24. The fraction of sp³-hybridized carbons (Fsp3) is 0.481. The minimum Gasteiger partial charge on any atom is -0.354 e. The van der Waals surface area contributed by atoms with Gasteiger partial charge in [0, 0.05) is 26.1 Å². The average molecular weight is 434 g/mol. The van der Waals surface area contributed by atoms with Crippen molar-refractivity contribution < 1.29 is 9.59 Å². The third-order valence-corrected chi connectivity index (χ3v) is 6.86. The molecular formula is C27H35N3O2. The van der Waals surface area contributed by atoms with Crippen molar-refractivity contribution >= 4 is 11.8 Å². The number of benzene rings is 2. The first kappa shape index (κ1) is 22.5. The van der Waals surface area contributed by atoms with E-state index in [0.717, 1.165) is 19.5 Å². The number of carbonyl (C=O) groups excluding carboxylic acids is 2. The van der Waals surface area contributed by atoms with E-state index in [2.05, 4.69) is 65.7 Å². The topological polar surface area (TPSA) is 52.7 Å². The largest absolute Gasteiger partial charge is 0.354 e. The predicted molar refractivity (Wildman–Crippen MR) is 127 cm³/mol. The van der Waals surface area contributed by atoms with Crippen LogP contribution in [0.15, 0.2) is 54.6 Å². The normalized spacial score (nSPS) is 20.3. The summed E-state index contributed by atoms with van der Waals surface area (Å²) in [7, 11) is 0. The first-order chi connectivity index (χ1) is 15.6. The van der Waals surface area contributed by atoms with Crippen LogP contribution in [0.1, 0.15) is 48.4 Å². The SMILES string of the molecule is Cc1ccc(CCN2CC(C(=O)NCC(c3ccccc3)N3CCCCC3)CC2=O)cc1. The molecule has 2 heterocycles.